The average Bonchev–Trinajstić information content (AvgIpc) is 3.43. The van der Waals surface area contributed by atoms with Crippen LogP contribution in [0.25, 0.3) is 0 Å². The molecular weight excluding hydrogens is 1100 g/mol. The second-order valence-electron chi connectivity index (χ2n) is 20.5. The topological polar surface area (TPSA) is 267 Å². The van der Waals surface area contributed by atoms with Gasteiger partial charge in [-0.2, -0.15) is 8.42 Å². The molecule has 0 radical (unpaired) electrons. The van der Waals surface area contributed by atoms with Crippen LogP contribution in [0.3, 0.4) is 0 Å². The molecule has 22 heteroatoms. The van der Waals surface area contributed by atoms with Crippen molar-refractivity contribution in [3.05, 3.63) is 0 Å². The first kappa shape index (κ1) is 91.1. The fourth-order valence-corrected chi connectivity index (χ4v) is 8.99. The van der Waals surface area contributed by atoms with Crippen LogP contribution in [0.4, 0.5) is 0 Å². The molecule has 0 bridgehead atoms. The van der Waals surface area contributed by atoms with Crippen molar-refractivity contribution >= 4 is 81.2 Å². The van der Waals surface area contributed by atoms with E-state index in [-0.39, 0.29) is 78.9 Å². The molecule has 1 unspecified atom stereocenters. The van der Waals surface area contributed by atoms with Crippen LogP contribution < -0.4 is 0 Å². The van der Waals surface area contributed by atoms with Crippen molar-refractivity contribution in [2.24, 2.45) is 0 Å². The Labute approximate surface area is 544 Å². The summed E-state index contributed by atoms with van der Waals surface area (Å²) in [7, 11) is -4.84. The Morgan fingerprint density at radius 1 is 0.341 bits per heavy atom. The molecule has 82 heavy (non-hydrogen) atoms. The molecule has 0 aromatic rings. The van der Waals surface area contributed by atoms with Gasteiger partial charge >= 0.3 is 71.1 Å². The van der Waals surface area contributed by atoms with Gasteiger partial charge in [-0.15, -0.1) is 0 Å². The van der Waals surface area contributed by atoms with Gasteiger partial charge in [-0.05, 0) is 12.8 Å². The van der Waals surface area contributed by atoms with Crippen molar-refractivity contribution < 1.29 is 86.0 Å². The Kier molecular flexibility index (Phi) is 88.2. The Hall–Kier alpha value is 0.370. The molecule has 0 fully saturated rings. The third-order valence-electron chi connectivity index (χ3n) is 13.1. The zero-order chi connectivity index (χ0) is 59.4. The molecule has 6 N–H and O–H groups in total. The van der Waals surface area contributed by atoms with Gasteiger partial charge in [0.25, 0.3) is 10.1 Å². The first-order chi connectivity index (χ1) is 39.0. The van der Waals surface area contributed by atoms with E-state index in [0.717, 1.165) is 26.1 Å². The molecule has 0 aliphatic rings. The fourth-order valence-electron chi connectivity index (χ4n) is 8.38. The molecule has 0 amide bonds. The number of nitrogens with zero attached hydrogens (tertiary/aromatic N) is 1. The first-order valence-electron chi connectivity index (χ1n) is 31.6. The summed E-state index contributed by atoms with van der Waals surface area (Å²) >= 11 is 0. The van der Waals surface area contributed by atoms with E-state index in [1.54, 1.807) is 4.90 Å². The van der Waals surface area contributed by atoms with Crippen LogP contribution >= 0.6 is 0 Å². The van der Waals surface area contributed by atoms with Gasteiger partial charge in [-0.1, -0.05) is 206 Å². The Morgan fingerprint density at radius 3 is 0.671 bits per heavy atom. The van der Waals surface area contributed by atoms with Gasteiger partial charge in [0.05, 0.1) is 119 Å². The molecule has 0 aliphatic heterocycles. The number of ether oxygens (including phenoxy) is 8. The molecule has 19 nitrogen and oxygen atoms in total. The van der Waals surface area contributed by atoms with Crippen molar-refractivity contribution in [3.63, 3.8) is 0 Å². The summed E-state index contributed by atoms with van der Waals surface area (Å²) in [6.07, 6.45) is 43.4. The fraction of sp³-hybridized carbons (Fsp3) is 0.967. The minimum absolute atomic E-state index is 0. The molecule has 0 heterocycles. The quantitative estimate of drug-likeness (QED) is 0.0188. The van der Waals surface area contributed by atoms with Crippen LogP contribution in [0.2, 0.25) is 0 Å². The second-order valence-corrected chi connectivity index (χ2v) is 22.1. The van der Waals surface area contributed by atoms with Crippen LogP contribution in [0.15, 0.2) is 0 Å². The van der Waals surface area contributed by atoms with Crippen LogP contribution in [0, 0.1) is 0 Å². The number of aliphatic hydroxyl groups is 3. The molecular formula is C60H125NNa2O18S. The number of hydrogen-bond acceptors (Lipinski definition) is 16. The maximum absolute atomic E-state index is 10.2. The van der Waals surface area contributed by atoms with Crippen LogP contribution in [-0.2, 0) is 57.6 Å². The first-order valence-corrected chi connectivity index (χ1v) is 33.1. The third kappa shape index (κ3) is 82.4. The number of hydrogen-bond donors (Lipinski definition) is 6. The van der Waals surface area contributed by atoms with Gasteiger partial charge in [-0.25, -0.2) is 0 Å². The van der Waals surface area contributed by atoms with Gasteiger partial charge in [0.2, 0.25) is 0 Å². The van der Waals surface area contributed by atoms with E-state index in [2.05, 4.69) is 13.8 Å². The Balaban J connectivity index is -0.000000682. The van der Waals surface area contributed by atoms with Gasteiger partial charge in [0.15, 0.2) is 5.25 Å². The number of aliphatic carboxylic acids is 2. The molecule has 0 spiro atoms. The van der Waals surface area contributed by atoms with Crippen LogP contribution in [0.5, 0.6) is 0 Å². The summed E-state index contributed by atoms with van der Waals surface area (Å²) in [5.41, 5.74) is 0. The molecule has 486 valence electrons. The SMILES string of the molecule is CCCCCCCCCCCCCCCCCCOCCOCCOCCOCCOCCOCCOCCOCCCCCCCCCCCCCCCCCC.O=C(O)CC(C(=O)O)S(=O)(=O)O.OCCN(CCO)CCO.[NaH].[NaH]. The van der Waals surface area contributed by atoms with Crippen molar-refractivity contribution in [1.29, 1.82) is 0 Å². The molecule has 0 saturated heterocycles. The van der Waals surface area contributed by atoms with Crippen molar-refractivity contribution in [1.82, 2.24) is 4.90 Å². The molecule has 0 aliphatic carbocycles. The van der Waals surface area contributed by atoms with Crippen LogP contribution in [-0.4, -0.2) is 265 Å². The van der Waals surface area contributed by atoms with E-state index in [4.69, 9.17) is 68.0 Å². The zero-order valence-corrected chi connectivity index (χ0v) is 51.7. The Bertz CT molecular complexity index is 1250. The summed E-state index contributed by atoms with van der Waals surface area (Å²) in [6.45, 7) is 16.3. The number of aliphatic hydroxyl groups excluding tert-OH is 3. The number of rotatable bonds is 65. The van der Waals surface area contributed by atoms with E-state index in [9.17, 15) is 18.0 Å². The third-order valence-corrected chi connectivity index (χ3v) is 14.2. The summed E-state index contributed by atoms with van der Waals surface area (Å²) in [6, 6.07) is 0. The molecule has 0 saturated carbocycles. The molecule has 0 aromatic carbocycles. The summed E-state index contributed by atoms with van der Waals surface area (Å²) in [5.74, 6) is -3.50. The van der Waals surface area contributed by atoms with Gasteiger partial charge in [-0.3, -0.25) is 19.0 Å². The van der Waals surface area contributed by atoms with Gasteiger partial charge in [0, 0.05) is 32.8 Å². The zero-order valence-electron chi connectivity index (χ0n) is 50.9. The van der Waals surface area contributed by atoms with Crippen LogP contribution in [0.1, 0.15) is 226 Å². The normalized spacial score (nSPS) is 11.6. The Morgan fingerprint density at radius 2 is 0.524 bits per heavy atom. The monoisotopic (exact) mass is 1230 g/mol. The van der Waals surface area contributed by atoms with Gasteiger partial charge < -0.3 is 63.4 Å². The van der Waals surface area contributed by atoms with Crippen molar-refractivity contribution in [3.8, 4) is 0 Å². The van der Waals surface area contributed by atoms with Gasteiger partial charge in [0.1, 0.15) is 0 Å². The molecule has 0 aromatic heterocycles. The maximum atomic E-state index is 10.2. The predicted molar refractivity (Wildman–Crippen MR) is 333 cm³/mol. The summed E-state index contributed by atoms with van der Waals surface area (Å²) in [4.78, 5) is 21.8. The average molecular weight is 1230 g/mol. The summed E-state index contributed by atoms with van der Waals surface area (Å²) in [5, 5.41) is 39.4. The van der Waals surface area contributed by atoms with E-state index in [0.29, 0.717) is 112 Å². The standard InChI is InChI=1S/C50H102O8.C6H15NO3.C4H6O7S.2Na.2H/c1-3-5-7-9-11-13-15-17-19-21-23-25-27-29-31-33-35-51-37-39-53-41-43-55-45-47-57-49-50-58-48-46-56-44-42-54-40-38-52-36-34-32-30-28-26-24-22-20-18-16-14-12-10-8-6-4-2;8-4-1-7(2-5-9)3-6-10;5-3(6)1-2(4(7)8)12(9,10)11;;;;/h3-50H2,1-2H3;8-10H,1-6H2;2H,1H2,(H,5,6)(H,7,8)(H,9,10,11);;;;. The number of unbranched alkanes of at least 4 members (excludes halogenated alkanes) is 30. The molecule has 0 rings (SSSR count). The molecule has 1 atom stereocenters. The number of carboxylic acid groups (broad SMARTS) is 2. The van der Waals surface area contributed by atoms with E-state index < -0.39 is 33.7 Å². The van der Waals surface area contributed by atoms with E-state index in [1.165, 1.54) is 193 Å². The van der Waals surface area contributed by atoms with Crippen molar-refractivity contribution in [2.45, 2.75) is 231 Å². The van der Waals surface area contributed by atoms with E-state index in [1.807, 2.05) is 0 Å². The predicted octanol–water partition coefficient (Wildman–Crippen LogP) is 9.41. The van der Waals surface area contributed by atoms with E-state index >= 15 is 0 Å². The summed E-state index contributed by atoms with van der Waals surface area (Å²) < 4.78 is 73.6. The minimum atomic E-state index is -4.84. The van der Waals surface area contributed by atoms with Crippen molar-refractivity contribution in [2.75, 3.05) is 145 Å². The number of carbonyl (C=O) groups is 2. The number of carboxylic acids is 2. The second kappa shape index (κ2) is 79.4.